The van der Waals surface area contributed by atoms with E-state index in [1.54, 1.807) is 19.9 Å². The first-order valence-corrected chi connectivity index (χ1v) is 9.83. The number of benzene rings is 1. The Bertz CT molecular complexity index is 762. The fourth-order valence-corrected chi connectivity index (χ4v) is 4.42. The number of rotatable bonds is 4. The van der Waals surface area contributed by atoms with Gasteiger partial charge in [0.2, 0.25) is 0 Å². The third-order valence-corrected chi connectivity index (χ3v) is 6.09. The molecule has 0 amide bonds. The number of ether oxygens (including phenoxy) is 2. The lowest BCUT2D eigenvalue weighted by molar-refractivity contribution is -0.149. The lowest BCUT2D eigenvalue weighted by Crippen LogP contribution is -2.47. The van der Waals surface area contributed by atoms with Crippen LogP contribution < -0.4 is 4.74 Å². The summed E-state index contributed by atoms with van der Waals surface area (Å²) in [6.07, 6.45) is 2.52. The number of carbonyl (C=O) groups excluding carboxylic acids is 2. The molecule has 1 fully saturated rings. The van der Waals surface area contributed by atoms with Gasteiger partial charge >= 0.3 is 5.97 Å². The first-order chi connectivity index (χ1) is 12.6. The van der Waals surface area contributed by atoms with Gasteiger partial charge < -0.3 is 14.6 Å². The molecule has 1 aromatic rings. The zero-order valence-electron chi connectivity index (χ0n) is 16.9. The fourth-order valence-electron chi connectivity index (χ4n) is 4.42. The van der Waals surface area contributed by atoms with Gasteiger partial charge in [0.1, 0.15) is 22.9 Å². The van der Waals surface area contributed by atoms with Crippen LogP contribution in [-0.2, 0) is 19.7 Å². The summed E-state index contributed by atoms with van der Waals surface area (Å²) in [6, 6.07) is 3.46. The van der Waals surface area contributed by atoms with E-state index in [4.69, 9.17) is 9.47 Å². The highest BCUT2D eigenvalue weighted by Gasteiger charge is 2.48. The van der Waals surface area contributed by atoms with Crippen LogP contribution in [0.2, 0.25) is 0 Å². The van der Waals surface area contributed by atoms with Crippen LogP contribution in [0.1, 0.15) is 77.3 Å². The maximum absolute atomic E-state index is 12.5. The largest absolute Gasteiger partial charge is 0.508 e. The van der Waals surface area contributed by atoms with Crippen molar-refractivity contribution in [1.29, 1.82) is 0 Å². The number of hydrogen-bond acceptors (Lipinski definition) is 5. The average Bonchev–Trinajstić information content (AvgIpc) is 2.58. The van der Waals surface area contributed by atoms with Gasteiger partial charge in [0, 0.05) is 30.2 Å². The molecule has 0 saturated heterocycles. The number of fused-ring (bicyclic) bond motifs is 3. The van der Waals surface area contributed by atoms with E-state index in [-0.39, 0.29) is 29.3 Å². The van der Waals surface area contributed by atoms with E-state index in [9.17, 15) is 14.7 Å². The van der Waals surface area contributed by atoms with E-state index in [1.807, 2.05) is 26.8 Å². The Morgan fingerprint density at radius 3 is 2.74 bits per heavy atom. The van der Waals surface area contributed by atoms with Crippen LogP contribution in [-0.4, -0.2) is 29.1 Å². The maximum Gasteiger partial charge on any atom is 0.315 e. The second kappa shape index (κ2) is 6.84. The molecule has 3 rings (SSSR count). The standard InChI is InChI=1S/C22H30O5/c1-6-9-26-20(25)21(2,3)13-10-17(24)19-15-12-14(23)7-8-16(15)22(4,5)27-18(19)11-13/h10-11,15-16,24H,6-9,12H2,1-5H3/t15-,16-/m1/s1. The normalized spacial score (nSPS) is 23.8. The summed E-state index contributed by atoms with van der Waals surface area (Å²) in [5, 5.41) is 10.8. The van der Waals surface area contributed by atoms with Crippen LogP contribution in [0.25, 0.3) is 0 Å². The molecule has 27 heavy (non-hydrogen) atoms. The van der Waals surface area contributed by atoms with E-state index in [0.717, 1.165) is 12.8 Å². The van der Waals surface area contributed by atoms with Crippen LogP contribution >= 0.6 is 0 Å². The molecule has 2 atom stereocenters. The zero-order valence-corrected chi connectivity index (χ0v) is 16.9. The van der Waals surface area contributed by atoms with Gasteiger partial charge in [-0.2, -0.15) is 0 Å². The number of phenolic OH excluding ortho intramolecular Hbond substituents is 1. The zero-order chi connectivity index (χ0) is 20.0. The van der Waals surface area contributed by atoms with Gasteiger partial charge in [0.05, 0.1) is 12.0 Å². The van der Waals surface area contributed by atoms with E-state index < -0.39 is 11.0 Å². The first-order valence-electron chi connectivity index (χ1n) is 9.83. The highest BCUT2D eigenvalue weighted by molar-refractivity contribution is 5.83. The van der Waals surface area contributed by atoms with Crippen LogP contribution in [0.5, 0.6) is 11.5 Å². The monoisotopic (exact) mass is 374 g/mol. The number of carbonyl (C=O) groups is 2. The molecule has 1 N–H and O–H groups in total. The van der Waals surface area contributed by atoms with E-state index in [2.05, 4.69) is 0 Å². The number of phenols is 1. The summed E-state index contributed by atoms with van der Waals surface area (Å²) in [5.74, 6) is 0.703. The minimum Gasteiger partial charge on any atom is -0.508 e. The molecule has 0 bridgehead atoms. The number of ketones is 1. The van der Waals surface area contributed by atoms with Crippen molar-refractivity contribution in [2.24, 2.45) is 5.92 Å². The SMILES string of the molecule is CCCOC(=O)C(C)(C)c1cc(O)c2c(c1)OC(C)(C)[C@@H]1CCC(=O)C[C@@H]21. The van der Waals surface area contributed by atoms with Crippen molar-refractivity contribution in [1.82, 2.24) is 0 Å². The molecule has 0 unspecified atom stereocenters. The van der Waals surface area contributed by atoms with Gasteiger partial charge in [0.25, 0.3) is 0 Å². The fraction of sp³-hybridized carbons (Fsp3) is 0.636. The minimum atomic E-state index is -0.908. The molecule has 5 nitrogen and oxygen atoms in total. The number of hydrogen-bond donors (Lipinski definition) is 1. The molecule has 148 valence electrons. The predicted octanol–water partition coefficient (Wildman–Crippen LogP) is 4.25. The van der Waals surface area contributed by atoms with Crippen LogP contribution in [0.4, 0.5) is 0 Å². The molecule has 1 heterocycles. The Labute approximate surface area is 161 Å². The Morgan fingerprint density at radius 2 is 2.07 bits per heavy atom. The minimum absolute atomic E-state index is 0.0470. The van der Waals surface area contributed by atoms with Crippen molar-refractivity contribution >= 4 is 11.8 Å². The molecule has 1 saturated carbocycles. The number of esters is 1. The molecular formula is C22H30O5. The van der Waals surface area contributed by atoms with Crippen molar-refractivity contribution in [2.45, 2.75) is 77.2 Å². The van der Waals surface area contributed by atoms with Crippen LogP contribution in [0.15, 0.2) is 12.1 Å². The molecule has 1 aliphatic heterocycles. The van der Waals surface area contributed by atoms with Crippen LogP contribution in [0.3, 0.4) is 0 Å². The summed E-state index contributed by atoms with van der Waals surface area (Å²) in [5.41, 5.74) is 0.00938. The maximum atomic E-state index is 12.5. The molecule has 0 aromatic heterocycles. The molecular weight excluding hydrogens is 344 g/mol. The summed E-state index contributed by atoms with van der Waals surface area (Å²) in [4.78, 5) is 24.6. The Balaban J connectivity index is 2.03. The molecule has 0 spiro atoms. The highest BCUT2D eigenvalue weighted by Crippen LogP contribution is 2.54. The average molecular weight is 374 g/mol. The quantitative estimate of drug-likeness (QED) is 0.798. The van der Waals surface area contributed by atoms with Gasteiger partial charge in [0.15, 0.2) is 0 Å². The van der Waals surface area contributed by atoms with Crippen molar-refractivity contribution in [3.05, 3.63) is 23.3 Å². The van der Waals surface area contributed by atoms with Crippen molar-refractivity contribution < 1.29 is 24.2 Å². The third-order valence-electron chi connectivity index (χ3n) is 6.09. The Kier molecular flexibility index (Phi) is 5.00. The first kappa shape index (κ1) is 19.7. The topological polar surface area (TPSA) is 72.8 Å². The Hall–Kier alpha value is -2.04. The number of Topliss-reactive ketones (excluding diaryl/α,β-unsaturated/α-hetero) is 1. The van der Waals surface area contributed by atoms with Gasteiger partial charge in [-0.1, -0.05) is 6.92 Å². The van der Waals surface area contributed by atoms with E-state index >= 15 is 0 Å². The van der Waals surface area contributed by atoms with Gasteiger partial charge in [-0.05, 0) is 58.2 Å². The van der Waals surface area contributed by atoms with Crippen LogP contribution in [0, 0.1) is 5.92 Å². The van der Waals surface area contributed by atoms with Crippen molar-refractivity contribution in [2.75, 3.05) is 6.61 Å². The summed E-state index contributed by atoms with van der Waals surface area (Å²) < 4.78 is 11.6. The molecule has 1 aliphatic carbocycles. The predicted molar refractivity (Wildman–Crippen MR) is 102 cm³/mol. The third kappa shape index (κ3) is 3.44. The molecule has 1 aromatic carbocycles. The van der Waals surface area contributed by atoms with Crippen molar-refractivity contribution in [3.63, 3.8) is 0 Å². The lowest BCUT2D eigenvalue weighted by Gasteiger charge is -2.47. The summed E-state index contributed by atoms with van der Waals surface area (Å²) in [7, 11) is 0. The molecule has 2 aliphatic rings. The second-order valence-corrected chi connectivity index (χ2v) is 8.87. The lowest BCUT2D eigenvalue weighted by atomic mass is 9.66. The van der Waals surface area contributed by atoms with E-state index in [1.165, 1.54) is 0 Å². The second-order valence-electron chi connectivity index (χ2n) is 8.87. The molecule has 0 radical (unpaired) electrons. The smallest absolute Gasteiger partial charge is 0.315 e. The number of aromatic hydroxyl groups is 1. The summed E-state index contributed by atoms with van der Waals surface area (Å²) >= 11 is 0. The van der Waals surface area contributed by atoms with E-state index in [0.29, 0.717) is 36.3 Å². The molecule has 5 heteroatoms. The highest BCUT2D eigenvalue weighted by atomic mass is 16.5. The van der Waals surface area contributed by atoms with Gasteiger partial charge in [-0.25, -0.2) is 0 Å². The summed E-state index contributed by atoms with van der Waals surface area (Å²) in [6.45, 7) is 9.96. The Morgan fingerprint density at radius 1 is 1.37 bits per heavy atom. The van der Waals surface area contributed by atoms with Crippen molar-refractivity contribution in [3.8, 4) is 11.5 Å². The van der Waals surface area contributed by atoms with Gasteiger partial charge in [-0.15, -0.1) is 0 Å². The van der Waals surface area contributed by atoms with Gasteiger partial charge in [-0.3, -0.25) is 9.59 Å².